The fourth-order valence-corrected chi connectivity index (χ4v) is 2.03. The number of hydrogen-bond donors (Lipinski definition) is 1. The van der Waals surface area contributed by atoms with Gasteiger partial charge in [0.15, 0.2) is 0 Å². The van der Waals surface area contributed by atoms with Crippen LogP contribution in [0.2, 0.25) is 0 Å². The minimum Gasteiger partial charge on any atom is -0.306 e. The van der Waals surface area contributed by atoms with E-state index >= 15 is 0 Å². The summed E-state index contributed by atoms with van der Waals surface area (Å²) in [7, 11) is 4.05. The van der Waals surface area contributed by atoms with Gasteiger partial charge >= 0.3 is 0 Å². The van der Waals surface area contributed by atoms with Crippen LogP contribution in [-0.2, 0) is 0 Å². The normalized spacial score (nSPS) is 19.4. The van der Waals surface area contributed by atoms with Gasteiger partial charge in [0, 0.05) is 0 Å². The van der Waals surface area contributed by atoms with Crippen molar-refractivity contribution in [2.45, 2.75) is 45.6 Å². The highest BCUT2D eigenvalue weighted by Gasteiger charge is 2.17. The maximum absolute atomic E-state index is 8.78. The van der Waals surface area contributed by atoms with Crippen LogP contribution < -0.4 is 5.32 Å². The molecule has 1 rings (SSSR count). The van der Waals surface area contributed by atoms with Gasteiger partial charge in [-0.2, -0.15) is 5.26 Å². The largest absolute Gasteiger partial charge is 0.306 e. The van der Waals surface area contributed by atoms with Crippen LogP contribution in [0.5, 0.6) is 0 Å². The number of piperidine rings is 1. The van der Waals surface area contributed by atoms with Gasteiger partial charge in [-0.05, 0) is 58.8 Å². The highest BCUT2D eigenvalue weighted by atomic mass is 15.1. The summed E-state index contributed by atoms with van der Waals surface area (Å²) in [5, 5.41) is 11.8. The van der Waals surface area contributed by atoms with Gasteiger partial charge in [0.05, 0.1) is 12.1 Å². The van der Waals surface area contributed by atoms with Gasteiger partial charge in [0.25, 0.3) is 0 Å². The summed E-state index contributed by atoms with van der Waals surface area (Å²) in [6.45, 7) is 6.45. The van der Waals surface area contributed by atoms with Crippen LogP contribution >= 0.6 is 0 Å². The lowest BCUT2D eigenvalue weighted by Crippen LogP contribution is -2.31. The maximum atomic E-state index is 8.78. The van der Waals surface area contributed by atoms with Crippen LogP contribution in [0.3, 0.4) is 0 Å². The Morgan fingerprint density at radius 3 is 2.38 bits per heavy atom. The van der Waals surface area contributed by atoms with Crippen LogP contribution in [0.15, 0.2) is 0 Å². The van der Waals surface area contributed by atoms with E-state index in [0.29, 0.717) is 0 Å². The first kappa shape index (κ1) is 15.4. The van der Waals surface area contributed by atoms with Gasteiger partial charge < -0.3 is 10.2 Å². The van der Waals surface area contributed by atoms with Crippen LogP contribution in [-0.4, -0.2) is 38.1 Å². The number of hydrogen-bond acceptors (Lipinski definition) is 3. The van der Waals surface area contributed by atoms with Gasteiger partial charge in [-0.1, -0.05) is 13.8 Å². The molecule has 0 aliphatic carbocycles. The standard InChI is InChI=1S/C11H21N3.C2H6/c1-13-11(9-12)4-3-10-5-7-14(2)8-6-10;1-2/h10-11,13H,3-8H2,1-2H3;1-2H3. The lowest BCUT2D eigenvalue weighted by Gasteiger charge is -2.29. The van der Waals surface area contributed by atoms with Gasteiger partial charge in [-0.25, -0.2) is 0 Å². The molecule has 3 nitrogen and oxygen atoms in total. The molecule has 1 N–H and O–H groups in total. The predicted octanol–water partition coefficient (Wildman–Crippen LogP) is 2.25. The van der Waals surface area contributed by atoms with Crippen molar-refractivity contribution < 1.29 is 0 Å². The van der Waals surface area contributed by atoms with E-state index in [2.05, 4.69) is 23.3 Å². The lowest BCUT2D eigenvalue weighted by atomic mass is 9.91. The summed E-state index contributed by atoms with van der Waals surface area (Å²) in [4.78, 5) is 2.39. The Labute approximate surface area is 101 Å². The maximum Gasteiger partial charge on any atom is 0.0950 e. The molecule has 0 aromatic rings. The Morgan fingerprint density at radius 1 is 1.38 bits per heavy atom. The fraction of sp³-hybridized carbons (Fsp3) is 0.923. The van der Waals surface area contributed by atoms with E-state index in [1.54, 1.807) is 0 Å². The minimum atomic E-state index is 0.0506. The molecule has 1 unspecified atom stereocenters. The zero-order chi connectivity index (χ0) is 12.4. The second-order valence-corrected chi connectivity index (χ2v) is 4.29. The molecule has 1 saturated heterocycles. The Hall–Kier alpha value is -0.590. The van der Waals surface area contributed by atoms with Crippen molar-refractivity contribution in [3.8, 4) is 6.07 Å². The van der Waals surface area contributed by atoms with E-state index < -0.39 is 0 Å². The lowest BCUT2D eigenvalue weighted by molar-refractivity contribution is 0.208. The highest BCUT2D eigenvalue weighted by Crippen LogP contribution is 2.21. The van der Waals surface area contributed by atoms with E-state index in [1.807, 2.05) is 20.9 Å². The molecule has 0 bridgehead atoms. The van der Waals surface area contributed by atoms with E-state index in [9.17, 15) is 0 Å². The highest BCUT2D eigenvalue weighted by molar-refractivity contribution is 4.89. The van der Waals surface area contributed by atoms with Crippen molar-refractivity contribution in [2.24, 2.45) is 5.92 Å². The average molecular weight is 225 g/mol. The van der Waals surface area contributed by atoms with Gasteiger partial charge in [0.2, 0.25) is 0 Å². The number of nitrogens with one attached hydrogen (secondary N) is 1. The molecule has 0 aromatic carbocycles. The van der Waals surface area contributed by atoms with Gasteiger partial charge in [-0.15, -0.1) is 0 Å². The summed E-state index contributed by atoms with van der Waals surface area (Å²) < 4.78 is 0. The first-order valence-electron chi connectivity index (χ1n) is 6.51. The SMILES string of the molecule is CC.CNC(C#N)CCC1CCN(C)CC1. The van der Waals surface area contributed by atoms with Crippen molar-refractivity contribution in [3.63, 3.8) is 0 Å². The van der Waals surface area contributed by atoms with Crippen LogP contribution in [0, 0.1) is 17.2 Å². The monoisotopic (exact) mass is 225 g/mol. The second kappa shape index (κ2) is 9.62. The Morgan fingerprint density at radius 2 is 1.94 bits per heavy atom. The van der Waals surface area contributed by atoms with Gasteiger partial charge in [0.1, 0.15) is 0 Å². The molecule has 0 saturated carbocycles. The molecule has 0 amide bonds. The summed E-state index contributed by atoms with van der Waals surface area (Å²) in [5.41, 5.74) is 0. The third-order valence-electron chi connectivity index (χ3n) is 3.21. The molecule has 1 atom stereocenters. The van der Waals surface area contributed by atoms with Crippen LogP contribution in [0.25, 0.3) is 0 Å². The van der Waals surface area contributed by atoms with E-state index in [0.717, 1.165) is 12.3 Å². The van der Waals surface area contributed by atoms with Crippen molar-refractivity contribution in [3.05, 3.63) is 0 Å². The second-order valence-electron chi connectivity index (χ2n) is 4.29. The van der Waals surface area contributed by atoms with E-state index in [1.165, 1.54) is 32.4 Å². The van der Waals surface area contributed by atoms with Crippen molar-refractivity contribution in [1.29, 1.82) is 5.26 Å². The molecule has 1 heterocycles. The Balaban J connectivity index is 0.00000106. The van der Waals surface area contributed by atoms with Crippen LogP contribution in [0.4, 0.5) is 0 Å². The summed E-state index contributed by atoms with van der Waals surface area (Å²) in [6, 6.07) is 2.33. The minimum absolute atomic E-state index is 0.0506. The first-order chi connectivity index (χ1) is 7.76. The summed E-state index contributed by atoms with van der Waals surface area (Å²) in [6.07, 6.45) is 4.81. The summed E-state index contributed by atoms with van der Waals surface area (Å²) in [5.74, 6) is 0.843. The number of rotatable bonds is 4. The first-order valence-corrected chi connectivity index (χ1v) is 6.51. The zero-order valence-corrected chi connectivity index (χ0v) is 11.3. The van der Waals surface area contributed by atoms with E-state index in [-0.39, 0.29) is 6.04 Å². The smallest absolute Gasteiger partial charge is 0.0950 e. The molecule has 16 heavy (non-hydrogen) atoms. The molecule has 94 valence electrons. The Bertz CT molecular complexity index is 190. The number of nitrogens with zero attached hydrogens (tertiary/aromatic N) is 2. The molecular formula is C13H27N3. The van der Waals surface area contributed by atoms with Crippen molar-refractivity contribution in [1.82, 2.24) is 10.2 Å². The number of nitriles is 1. The van der Waals surface area contributed by atoms with E-state index in [4.69, 9.17) is 5.26 Å². The molecule has 0 spiro atoms. The molecule has 1 fully saturated rings. The fourth-order valence-electron chi connectivity index (χ4n) is 2.03. The zero-order valence-electron chi connectivity index (χ0n) is 11.3. The molecule has 1 aliphatic rings. The third-order valence-corrected chi connectivity index (χ3v) is 3.21. The molecule has 1 aliphatic heterocycles. The Kier molecular flexibility index (Phi) is 9.27. The molecular weight excluding hydrogens is 198 g/mol. The van der Waals surface area contributed by atoms with Gasteiger partial charge in [-0.3, -0.25) is 0 Å². The topological polar surface area (TPSA) is 39.1 Å². The van der Waals surface area contributed by atoms with Crippen LogP contribution in [0.1, 0.15) is 39.5 Å². The molecule has 0 aromatic heterocycles. The third kappa shape index (κ3) is 6.09. The molecule has 0 radical (unpaired) electrons. The summed E-state index contributed by atoms with van der Waals surface area (Å²) >= 11 is 0. The quantitative estimate of drug-likeness (QED) is 0.797. The predicted molar refractivity (Wildman–Crippen MR) is 69.3 cm³/mol. The van der Waals surface area contributed by atoms with Crippen molar-refractivity contribution >= 4 is 0 Å². The number of likely N-dealkylation sites (tertiary alicyclic amines) is 1. The van der Waals surface area contributed by atoms with Crippen molar-refractivity contribution in [2.75, 3.05) is 27.2 Å². The average Bonchev–Trinajstić information content (AvgIpc) is 2.35. The molecule has 3 heteroatoms.